The van der Waals surface area contributed by atoms with Gasteiger partial charge in [-0.2, -0.15) is 0 Å². The van der Waals surface area contributed by atoms with E-state index in [0.29, 0.717) is 5.56 Å². The molecule has 60 valence electrons. The fourth-order valence-electron chi connectivity index (χ4n) is 0.817. The minimum Gasteiger partial charge on any atom is -0.507 e. The van der Waals surface area contributed by atoms with Crippen molar-refractivity contribution in [2.75, 3.05) is 0 Å². The summed E-state index contributed by atoms with van der Waals surface area (Å²) in [5, 5.41) is 18.6. The summed E-state index contributed by atoms with van der Waals surface area (Å²) in [6.45, 7) is 0.0921. The molecule has 0 aromatic heterocycles. The van der Waals surface area contributed by atoms with E-state index in [1.807, 2.05) is 0 Å². The lowest BCUT2D eigenvalue weighted by atomic mass is 10.2. The number of rotatable bonds is 1. The maximum absolute atomic E-state index is 9.15. The average molecular weight is 174 g/mol. The maximum Gasteiger partial charge on any atom is 0.125 e. The Balaban J connectivity index is 3.25. The first kappa shape index (κ1) is 8.17. The normalized spacial score (nSPS) is 10.0. The van der Waals surface area contributed by atoms with E-state index in [-0.39, 0.29) is 23.1 Å². The molecule has 0 saturated heterocycles. The first-order valence-corrected chi connectivity index (χ1v) is 3.43. The highest BCUT2D eigenvalue weighted by Crippen LogP contribution is 2.30. The van der Waals surface area contributed by atoms with Crippen LogP contribution in [0.4, 0.5) is 0 Å². The van der Waals surface area contributed by atoms with Gasteiger partial charge >= 0.3 is 0 Å². The second kappa shape index (κ2) is 2.98. The van der Waals surface area contributed by atoms with Crippen molar-refractivity contribution in [2.45, 2.75) is 6.54 Å². The quantitative estimate of drug-likeness (QED) is 0.598. The molecular weight excluding hydrogens is 166 g/mol. The fourth-order valence-corrected chi connectivity index (χ4v) is 1.02. The van der Waals surface area contributed by atoms with Crippen LogP contribution in [0.3, 0.4) is 0 Å². The van der Waals surface area contributed by atoms with E-state index in [1.165, 1.54) is 12.1 Å². The Hall–Kier alpha value is -0.930. The van der Waals surface area contributed by atoms with Gasteiger partial charge in [0.2, 0.25) is 0 Å². The van der Waals surface area contributed by atoms with Crippen LogP contribution in [-0.2, 0) is 6.54 Å². The number of nitrogens with two attached hydrogens (primary N) is 1. The van der Waals surface area contributed by atoms with Crippen molar-refractivity contribution in [3.8, 4) is 11.5 Å². The van der Waals surface area contributed by atoms with E-state index in [2.05, 4.69) is 0 Å². The predicted molar refractivity (Wildman–Crippen MR) is 42.7 cm³/mol. The second-order valence-electron chi connectivity index (χ2n) is 2.13. The molecule has 0 aliphatic rings. The van der Waals surface area contributed by atoms with Gasteiger partial charge in [-0.25, -0.2) is 0 Å². The largest absolute Gasteiger partial charge is 0.507 e. The van der Waals surface area contributed by atoms with Crippen LogP contribution in [0.15, 0.2) is 12.1 Å². The first-order chi connectivity index (χ1) is 5.15. The molecule has 1 rings (SSSR count). The van der Waals surface area contributed by atoms with Gasteiger partial charge in [0, 0.05) is 17.1 Å². The highest BCUT2D eigenvalue weighted by molar-refractivity contribution is 6.30. The van der Waals surface area contributed by atoms with E-state index in [9.17, 15) is 0 Å². The molecule has 0 radical (unpaired) electrons. The van der Waals surface area contributed by atoms with Gasteiger partial charge in [-0.15, -0.1) is 0 Å². The van der Waals surface area contributed by atoms with Crippen molar-refractivity contribution < 1.29 is 10.2 Å². The zero-order valence-electron chi connectivity index (χ0n) is 5.71. The second-order valence-corrected chi connectivity index (χ2v) is 2.56. The number of phenols is 2. The molecule has 0 heterocycles. The molecule has 0 aliphatic carbocycles. The lowest BCUT2D eigenvalue weighted by Crippen LogP contribution is -1.96. The number of hydrogen-bond acceptors (Lipinski definition) is 3. The van der Waals surface area contributed by atoms with Crippen LogP contribution in [0.2, 0.25) is 5.02 Å². The Labute approximate surface area is 69.0 Å². The topological polar surface area (TPSA) is 66.5 Å². The summed E-state index contributed by atoms with van der Waals surface area (Å²) in [6, 6.07) is 2.67. The van der Waals surface area contributed by atoms with Gasteiger partial charge in [-0.05, 0) is 12.1 Å². The SMILES string of the molecule is NCc1c(O)cc(Cl)cc1O. The van der Waals surface area contributed by atoms with E-state index >= 15 is 0 Å². The third-order valence-electron chi connectivity index (χ3n) is 1.37. The molecule has 1 aromatic carbocycles. The highest BCUT2D eigenvalue weighted by Gasteiger charge is 2.06. The number of benzene rings is 1. The van der Waals surface area contributed by atoms with Crippen LogP contribution < -0.4 is 5.73 Å². The number of aromatic hydroxyl groups is 2. The lowest BCUT2D eigenvalue weighted by molar-refractivity contribution is 0.439. The van der Waals surface area contributed by atoms with Gasteiger partial charge < -0.3 is 15.9 Å². The summed E-state index contributed by atoms with van der Waals surface area (Å²) in [5.74, 6) is -0.144. The highest BCUT2D eigenvalue weighted by atomic mass is 35.5. The molecule has 0 saturated carbocycles. The van der Waals surface area contributed by atoms with Crippen molar-refractivity contribution in [1.29, 1.82) is 0 Å². The van der Waals surface area contributed by atoms with Gasteiger partial charge in [0.15, 0.2) is 0 Å². The molecule has 0 spiro atoms. The third-order valence-corrected chi connectivity index (χ3v) is 1.59. The minimum atomic E-state index is -0.0718. The van der Waals surface area contributed by atoms with Crippen molar-refractivity contribution in [3.63, 3.8) is 0 Å². The van der Waals surface area contributed by atoms with Crippen LogP contribution in [0.25, 0.3) is 0 Å². The maximum atomic E-state index is 9.15. The van der Waals surface area contributed by atoms with E-state index in [0.717, 1.165) is 0 Å². The molecule has 0 atom stereocenters. The fraction of sp³-hybridized carbons (Fsp3) is 0.143. The van der Waals surface area contributed by atoms with E-state index < -0.39 is 0 Å². The average Bonchev–Trinajstić information content (AvgIpc) is 1.85. The Morgan fingerprint density at radius 2 is 1.73 bits per heavy atom. The van der Waals surface area contributed by atoms with E-state index in [4.69, 9.17) is 27.5 Å². The Bertz CT molecular complexity index is 252. The lowest BCUT2D eigenvalue weighted by Gasteiger charge is -2.04. The van der Waals surface area contributed by atoms with Crippen molar-refractivity contribution in [3.05, 3.63) is 22.7 Å². The molecule has 4 N–H and O–H groups in total. The number of hydrogen-bond donors (Lipinski definition) is 3. The summed E-state index contributed by atoms with van der Waals surface area (Å²) >= 11 is 5.52. The van der Waals surface area contributed by atoms with Crippen LogP contribution in [0.5, 0.6) is 11.5 Å². The minimum absolute atomic E-state index is 0.0718. The smallest absolute Gasteiger partial charge is 0.125 e. The monoisotopic (exact) mass is 173 g/mol. The molecule has 0 amide bonds. The van der Waals surface area contributed by atoms with Gasteiger partial charge in [0.25, 0.3) is 0 Å². The Morgan fingerprint density at radius 1 is 1.27 bits per heavy atom. The summed E-state index contributed by atoms with van der Waals surface area (Å²) in [5.41, 5.74) is 5.55. The van der Waals surface area contributed by atoms with Gasteiger partial charge in [-0.3, -0.25) is 0 Å². The molecule has 0 bridgehead atoms. The van der Waals surface area contributed by atoms with Crippen LogP contribution in [0.1, 0.15) is 5.56 Å². The van der Waals surface area contributed by atoms with Crippen LogP contribution in [0, 0.1) is 0 Å². The zero-order valence-corrected chi connectivity index (χ0v) is 6.47. The molecule has 0 aliphatic heterocycles. The van der Waals surface area contributed by atoms with Crippen molar-refractivity contribution in [1.82, 2.24) is 0 Å². The number of phenolic OH excluding ortho intramolecular Hbond substituents is 2. The molecule has 1 aromatic rings. The van der Waals surface area contributed by atoms with E-state index in [1.54, 1.807) is 0 Å². The van der Waals surface area contributed by atoms with Crippen LogP contribution in [-0.4, -0.2) is 10.2 Å². The molecule has 11 heavy (non-hydrogen) atoms. The molecular formula is C7H8ClNO2. The summed E-state index contributed by atoms with van der Waals surface area (Å²) in [7, 11) is 0. The van der Waals surface area contributed by atoms with Gasteiger partial charge in [0.1, 0.15) is 11.5 Å². The first-order valence-electron chi connectivity index (χ1n) is 3.05. The Morgan fingerprint density at radius 3 is 2.09 bits per heavy atom. The molecule has 3 nitrogen and oxygen atoms in total. The molecule has 0 unspecified atom stereocenters. The Kier molecular flexibility index (Phi) is 2.22. The number of halogens is 1. The van der Waals surface area contributed by atoms with Crippen molar-refractivity contribution >= 4 is 11.6 Å². The zero-order chi connectivity index (χ0) is 8.43. The van der Waals surface area contributed by atoms with Crippen molar-refractivity contribution in [2.24, 2.45) is 5.73 Å². The molecule has 0 fully saturated rings. The third kappa shape index (κ3) is 1.56. The van der Waals surface area contributed by atoms with Gasteiger partial charge in [-0.1, -0.05) is 11.6 Å². The molecule has 4 heteroatoms. The van der Waals surface area contributed by atoms with Gasteiger partial charge in [0.05, 0.1) is 0 Å². The standard InChI is InChI=1S/C7H8ClNO2/c8-4-1-6(10)5(3-9)7(11)2-4/h1-2,10-11H,3,9H2. The summed E-state index contributed by atoms with van der Waals surface area (Å²) in [6.07, 6.45) is 0. The summed E-state index contributed by atoms with van der Waals surface area (Å²) in [4.78, 5) is 0. The predicted octanol–water partition coefficient (Wildman–Crippen LogP) is 1.21. The van der Waals surface area contributed by atoms with Crippen LogP contribution >= 0.6 is 11.6 Å². The summed E-state index contributed by atoms with van der Waals surface area (Å²) < 4.78 is 0.